The molecule has 0 bridgehead atoms. The highest BCUT2D eigenvalue weighted by Crippen LogP contribution is 2.47. The van der Waals surface area contributed by atoms with Crippen LogP contribution in [0.4, 0.5) is 17.1 Å². The van der Waals surface area contributed by atoms with Gasteiger partial charge in [0.1, 0.15) is 0 Å². The minimum atomic E-state index is 1.09. The fourth-order valence-electron chi connectivity index (χ4n) is 12.0. The molecule has 334 valence electrons. The number of anilines is 3. The van der Waals surface area contributed by atoms with Crippen molar-refractivity contribution in [2.24, 2.45) is 0 Å². The van der Waals surface area contributed by atoms with Gasteiger partial charge in [-0.15, -0.1) is 0 Å². The van der Waals surface area contributed by atoms with Gasteiger partial charge >= 0.3 is 0 Å². The van der Waals surface area contributed by atoms with Crippen LogP contribution in [0.15, 0.2) is 267 Å². The second-order valence-corrected chi connectivity index (χ2v) is 19.2. The van der Waals surface area contributed by atoms with Crippen LogP contribution in [0, 0.1) is 0 Å². The zero-order valence-corrected chi connectivity index (χ0v) is 39.3. The summed E-state index contributed by atoms with van der Waals surface area (Å²) in [5.41, 5.74) is 14.0. The van der Waals surface area contributed by atoms with Crippen molar-refractivity contribution in [3.63, 3.8) is 0 Å². The van der Waals surface area contributed by atoms with Crippen molar-refractivity contribution in [3.05, 3.63) is 267 Å². The fraction of sp³-hybridized carbons (Fsp3) is 0. The number of nitrogens with zero attached hydrogens (tertiary/aromatic N) is 2. The van der Waals surface area contributed by atoms with E-state index in [2.05, 4.69) is 276 Å². The van der Waals surface area contributed by atoms with E-state index < -0.39 is 0 Å². The maximum Gasteiger partial charge on any atom is 0.0547 e. The van der Waals surface area contributed by atoms with Crippen LogP contribution in [-0.4, -0.2) is 4.57 Å². The summed E-state index contributed by atoms with van der Waals surface area (Å²) in [4.78, 5) is 2.45. The standard InChI is InChI=1S/C70H44N2/c1-3-13-45(14-4-1)46-27-29-47(30-28-46)48-35-39-55(40-36-48)71(56-41-37-49(38-42-56)58-21-12-26-65-70(58)62-20-7-8-25-64(62)72(65)54-18-5-2-6-19-54)57-43-53-34-33-52-16-10-23-60-59-22-9-15-50-31-32-51-17-11-24-61(68(51)66(50)59)63(44-57)69(53)67(52)60/h1-44H. The number of fused-ring (bicyclic) bond motifs is 5. The average Bonchev–Trinajstić information content (AvgIpc) is 3.79. The van der Waals surface area contributed by atoms with Crippen LogP contribution in [0.1, 0.15) is 0 Å². The zero-order chi connectivity index (χ0) is 47.3. The first kappa shape index (κ1) is 40.4. The highest BCUT2D eigenvalue weighted by molar-refractivity contribution is 6.37. The molecule has 15 aromatic rings. The van der Waals surface area contributed by atoms with Crippen molar-refractivity contribution < 1.29 is 0 Å². The lowest BCUT2D eigenvalue weighted by molar-refractivity contribution is 1.18. The van der Waals surface area contributed by atoms with Crippen LogP contribution in [0.3, 0.4) is 0 Å². The summed E-state index contributed by atoms with van der Waals surface area (Å²) in [5.74, 6) is 0. The summed E-state index contributed by atoms with van der Waals surface area (Å²) in [5, 5.41) is 17.7. The van der Waals surface area contributed by atoms with Crippen molar-refractivity contribution in [1.29, 1.82) is 0 Å². The third kappa shape index (κ3) is 6.22. The van der Waals surface area contributed by atoms with E-state index in [0.717, 1.165) is 22.7 Å². The molecule has 0 atom stereocenters. The molecule has 2 heteroatoms. The molecule has 0 amide bonds. The lowest BCUT2D eigenvalue weighted by Gasteiger charge is -2.27. The smallest absolute Gasteiger partial charge is 0.0547 e. The topological polar surface area (TPSA) is 8.17 Å². The second-order valence-electron chi connectivity index (χ2n) is 19.2. The van der Waals surface area contributed by atoms with Crippen molar-refractivity contribution in [2.75, 3.05) is 4.90 Å². The zero-order valence-electron chi connectivity index (χ0n) is 39.3. The van der Waals surface area contributed by atoms with E-state index in [0.29, 0.717) is 0 Å². The Balaban J connectivity index is 0.945. The minimum absolute atomic E-state index is 1.09. The number of aromatic nitrogens is 1. The van der Waals surface area contributed by atoms with Gasteiger partial charge in [-0.2, -0.15) is 0 Å². The second kappa shape index (κ2) is 16.0. The maximum atomic E-state index is 2.46. The molecule has 0 saturated carbocycles. The Morgan fingerprint density at radius 3 is 1.26 bits per heavy atom. The molecule has 0 N–H and O–H groups in total. The number of rotatable bonds is 7. The Bertz CT molecular complexity index is 4560. The summed E-state index contributed by atoms with van der Waals surface area (Å²) >= 11 is 0. The summed E-state index contributed by atoms with van der Waals surface area (Å²) in [6.45, 7) is 0. The fourth-order valence-corrected chi connectivity index (χ4v) is 12.0. The van der Waals surface area contributed by atoms with Gasteiger partial charge in [0.15, 0.2) is 0 Å². The predicted molar refractivity (Wildman–Crippen MR) is 308 cm³/mol. The van der Waals surface area contributed by atoms with E-state index in [1.807, 2.05) is 0 Å². The predicted octanol–water partition coefficient (Wildman–Crippen LogP) is 19.6. The number of hydrogen-bond donors (Lipinski definition) is 0. The molecule has 1 heterocycles. The van der Waals surface area contributed by atoms with E-state index in [1.165, 1.54) is 120 Å². The first-order valence-corrected chi connectivity index (χ1v) is 24.9. The number of hydrogen-bond acceptors (Lipinski definition) is 1. The Hall–Kier alpha value is -9.50. The highest BCUT2D eigenvalue weighted by Gasteiger charge is 2.21. The van der Waals surface area contributed by atoms with Gasteiger partial charge in [-0.3, -0.25) is 0 Å². The Morgan fingerprint density at radius 1 is 0.236 bits per heavy atom. The first-order valence-electron chi connectivity index (χ1n) is 24.9. The van der Waals surface area contributed by atoms with Gasteiger partial charge in [0, 0.05) is 33.5 Å². The SMILES string of the molecule is c1ccc(-c2ccc(-c3ccc(N(c4ccc(-c5cccc6c5c5ccccc5n6-c5ccccc5)cc4)c4cc5ccc6cccc7c8cccc9ccc%10cccc(c(c4)c5c67)c%10c98)cc3)cc2)cc1. The molecule has 0 fully saturated rings. The molecular formula is C70H44N2. The van der Waals surface area contributed by atoms with Gasteiger partial charge in [-0.25, -0.2) is 0 Å². The van der Waals surface area contributed by atoms with Crippen molar-refractivity contribution in [2.45, 2.75) is 0 Å². The molecular weight excluding hydrogens is 869 g/mol. The highest BCUT2D eigenvalue weighted by atomic mass is 15.1. The summed E-state index contributed by atoms with van der Waals surface area (Å²) in [6, 6.07) is 98.7. The quantitative estimate of drug-likeness (QED) is 0.145. The molecule has 0 radical (unpaired) electrons. The summed E-state index contributed by atoms with van der Waals surface area (Å²) < 4.78 is 2.40. The van der Waals surface area contributed by atoms with Crippen LogP contribution in [0.5, 0.6) is 0 Å². The third-order valence-corrected chi connectivity index (χ3v) is 15.3. The van der Waals surface area contributed by atoms with E-state index in [1.54, 1.807) is 0 Å². The van der Waals surface area contributed by atoms with Gasteiger partial charge in [-0.05, 0) is 159 Å². The molecule has 0 aliphatic carbocycles. The average molecular weight is 913 g/mol. The van der Waals surface area contributed by atoms with E-state index in [-0.39, 0.29) is 0 Å². The lowest BCUT2D eigenvalue weighted by Crippen LogP contribution is -2.10. The van der Waals surface area contributed by atoms with Crippen LogP contribution in [-0.2, 0) is 0 Å². The van der Waals surface area contributed by atoms with Gasteiger partial charge in [0.2, 0.25) is 0 Å². The van der Waals surface area contributed by atoms with Crippen molar-refractivity contribution in [3.8, 4) is 39.1 Å². The molecule has 0 aliphatic rings. The van der Waals surface area contributed by atoms with Crippen LogP contribution < -0.4 is 4.90 Å². The Labute approximate surface area is 416 Å². The van der Waals surface area contributed by atoms with E-state index in [4.69, 9.17) is 0 Å². The summed E-state index contributed by atoms with van der Waals surface area (Å²) in [7, 11) is 0. The third-order valence-electron chi connectivity index (χ3n) is 15.3. The van der Waals surface area contributed by atoms with E-state index >= 15 is 0 Å². The number of benzene rings is 13. The lowest BCUT2D eigenvalue weighted by atomic mass is 9.87. The van der Waals surface area contributed by atoms with Gasteiger partial charge in [0.25, 0.3) is 0 Å². The summed E-state index contributed by atoms with van der Waals surface area (Å²) in [6.07, 6.45) is 0. The first-order chi connectivity index (χ1) is 35.7. The molecule has 1 aromatic heterocycles. The maximum absolute atomic E-state index is 2.46. The molecule has 14 aromatic carbocycles. The number of para-hydroxylation sites is 2. The van der Waals surface area contributed by atoms with E-state index in [9.17, 15) is 0 Å². The molecule has 2 nitrogen and oxygen atoms in total. The van der Waals surface area contributed by atoms with Crippen molar-refractivity contribution >= 4 is 104 Å². The molecule has 0 saturated heterocycles. The van der Waals surface area contributed by atoms with Gasteiger partial charge in [-0.1, -0.05) is 206 Å². The van der Waals surface area contributed by atoms with Crippen molar-refractivity contribution in [1.82, 2.24) is 4.57 Å². The normalized spacial score (nSPS) is 11.9. The monoisotopic (exact) mass is 912 g/mol. The molecule has 15 rings (SSSR count). The molecule has 0 spiro atoms. The van der Waals surface area contributed by atoms with Crippen LogP contribution >= 0.6 is 0 Å². The van der Waals surface area contributed by atoms with Gasteiger partial charge in [0.05, 0.1) is 11.0 Å². The molecule has 72 heavy (non-hydrogen) atoms. The largest absolute Gasteiger partial charge is 0.310 e. The Kier molecular flexibility index (Phi) is 8.99. The molecule has 0 aliphatic heterocycles. The van der Waals surface area contributed by atoms with Crippen LogP contribution in [0.2, 0.25) is 0 Å². The van der Waals surface area contributed by atoms with Gasteiger partial charge < -0.3 is 9.47 Å². The molecule has 0 unspecified atom stereocenters. The van der Waals surface area contributed by atoms with Crippen LogP contribution in [0.25, 0.3) is 126 Å². The minimum Gasteiger partial charge on any atom is -0.310 e. The Morgan fingerprint density at radius 2 is 0.667 bits per heavy atom.